The van der Waals surface area contributed by atoms with E-state index >= 15 is 0 Å². The molecule has 0 saturated carbocycles. The number of nitrogens with zero attached hydrogens (tertiary/aromatic N) is 4. The number of aromatic nitrogens is 2. The summed E-state index contributed by atoms with van der Waals surface area (Å²) in [6.07, 6.45) is 3.48. The number of anilines is 3. The first-order chi connectivity index (χ1) is 11.8. The second-order valence-corrected chi connectivity index (χ2v) is 11.8. The van der Waals surface area contributed by atoms with Gasteiger partial charge in [0.1, 0.15) is 13.9 Å². The van der Waals surface area contributed by atoms with Crippen LogP contribution < -0.4 is 9.80 Å². The summed E-state index contributed by atoms with van der Waals surface area (Å²) in [5.41, 5.74) is 5.44. The summed E-state index contributed by atoms with van der Waals surface area (Å²) < 4.78 is 0. The van der Waals surface area contributed by atoms with Crippen LogP contribution in [0.4, 0.5) is 17.3 Å². The van der Waals surface area contributed by atoms with Crippen molar-refractivity contribution in [2.24, 2.45) is 0 Å². The average molecular weight is 350 g/mol. The predicted octanol–water partition coefficient (Wildman–Crippen LogP) is 3.45. The maximum atomic E-state index is 13.0. The van der Waals surface area contributed by atoms with Crippen LogP contribution in [0, 0.1) is 11.5 Å². The molecule has 0 N–H and O–H groups in total. The quantitative estimate of drug-likeness (QED) is 0.584. The molecule has 0 bridgehead atoms. The minimum absolute atomic E-state index is 0.0932. The highest BCUT2D eigenvalue weighted by molar-refractivity contribution is 6.83. The number of carbonyl (C=O) groups excluding carboxylic acids is 1. The third-order valence-corrected chi connectivity index (χ3v) is 4.81. The van der Waals surface area contributed by atoms with Crippen LogP contribution in [0.5, 0.6) is 0 Å². The molecule has 25 heavy (non-hydrogen) atoms. The molecule has 3 rings (SSSR count). The number of hydrogen-bond acceptors (Lipinski definition) is 4. The largest absolute Gasteiger partial charge is 0.309 e. The van der Waals surface area contributed by atoms with Gasteiger partial charge in [-0.05, 0) is 25.1 Å². The minimum atomic E-state index is -1.49. The van der Waals surface area contributed by atoms with E-state index in [9.17, 15) is 4.79 Å². The number of carbonyl (C=O) groups is 1. The summed E-state index contributed by atoms with van der Waals surface area (Å²) in [5, 5.41) is 0. The first-order valence-corrected chi connectivity index (χ1v) is 11.9. The Kier molecular flexibility index (Phi) is 4.35. The van der Waals surface area contributed by atoms with Gasteiger partial charge in [-0.15, -0.1) is 5.54 Å². The van der Waals surface area contributed by atoms with Crippen molar-refractivity contribution in [1.29, 1.82) is 0 Å². The first kappa shape index (κ1) is 17.2. The van der Waals surface area contributed by atoms with Gasteiger partial charge in [0.05, 0.1) is 11.3 Å². The Bertz CT molecular complexity index is 892. The van der Waals surface area contributed by atoms with Gasteiger partial charge in [0.15, 0.2) is 5.82 Å². The fourth-order valence-corrected chi connectivity index (χ4v) is 3.23. The van der Waals surface area contributed by atoms with Gasteiger partial charge < -0.3 is 9.80 Å². The average Bonchev–Trinajstić information content (AvgIpc) is 2.67. The molecule has 0 saturated heterocycles. The summed E-state index contributed by atoms with van der Waals surface area (Å²) in [4.78, 5) is 25.7. The van der Waals surface area contributed by atoms with Crippen molar-refractivity contribution in [3.63, 3.8) is 0 Å². The summed E-state index contributed by atoms with van der Waals surface area (Å²) in [7, 11) is 0.277. The third kappa shape index (κ3) is 3.28. The lowest BCUT2D eigenvalue weighted by atomic mass is 10.1. The van der Waals surface area contributed by atoms with E-state index in [1.807, 2.05) is 30.0 Å². The van der Waals surface area contributed by atoms with Gasteiger partial charge in [-0.1, -0.05) is 25.6 Å². The fourth-order valence-electron chi connectivity index (χ4n) is 2.71. The molecule has 0 aromatic carbocycles. The minimum Gasteiger partial charge on any atom is -0.309 e. The highest BCUT2D eigenvalue weighted by atomic mass is 28.3. The molecule has 1 aliphatic heterocycles. The molecular formula is C19H22N4OSi. The molecule has 1 aliphatic rings. The number of pyridine rings is 2. The molecule has 5 nitrogen and oxygen atoms in total. The maximum absolute atomic E-state index is 13.0. The molecule has 0 spiro atoms. The van der Waals surface area contributed by atoms with Crippen LogP contribution in [0.25, 0.3) is 0 Å². The number of amides is 1. The molecule has 0 atom stereocenters. The van der Waals surface area contributed by atoms with E-state index in [1.54, 1.807) is 24.3 Å². The van der Waals surface area contributed by atoms with Gasteiger partial charge in [0.2, 0.25) is 0 Å². The lowest BCUT2D eigenvalue weighted by Crippen LogP contribution is -2.25. The van der Waals surface area contributed by atoms with E-state index in [1.165, 1.54) is 0 Å². The monoisotopic (exact) mass is 350 g/mol. The Hall–Kier alpha value is -2.65. The fraction of sp³-hybridized carbons (Fsp3) is 0.316. The van der Waals surface area contributed by atoms with Crippen LogP contribution in [0.1, 0.15) is 22.8 Å². The van der Waals surface area contributed by atoms with Crippen LogP contribution in [-0.4, -0.2) is 37.5 Å². The van der Waals surface area contributed by atoms with Crippen molar-refractivity contribution in [3.8, 4) is 11.5 Å². The second-order valence-electron chi connectivity index (χ2n) is 7.05. The van der Waals surface area contributed by atoms with Gasteiger partial charge >= 0.3 is 0 Å². The van der Waals surface area contributed by atoms with E-state index in [2.05, 4.69) is 41.1 Å². The van der Waals surface area contributed by atoms with Gasteiger partial charge in [-0.3, -0.25) is 4.79 Å². The molecule has 0 fully saturated rings. The third-order valence-electron chi connectivity index (χ3n) is 3.94. The summed E-state index contributed by atoms with van der Waals surface area (Å²) in [6.45, 7) is 9.27. The Morgan fingerprint density at radius 2 is 1.96 bits per heavy atom. The zero-order valence-corrected chi connectivity index (χ0v) is 16.3. The van der Waals surface area contributed by atoms with Crippen LogP contribution in [0.15, 0.2) is 30.6 Å². The molecule has 3 heterocycles. The number of rotatable bonds is 1. The van der Waals surface area contributed by atoms with Crippen LogP contribution >= 0.6 is 0 Å². The second kappa shape index (κ2) is 6.34. The van der Waals surface area contributed by atoms with Crippen molar-refractivity contribution in [2.75, 3.05) is 23.4 Å². The number of hydrogen-bond donors (Lipinski definition) is 0. The zero-order chi connectivity index (χ0) is 18.2. The van der Waals surface area contributed by atoms with Crippen LogP contribution in [0.3, 0.4) is 0 Å². The van der Waals surface area contributed by atoms with Crippen LogP contribution in [0.2, 0.25) is 19.6 Å². The summed E-state index contributed by atoms with van der Waals surface area (Å²) in [5.74, 6) is 4.47. The van der Waals surface area contributed by atoms with Gasteiger partial charge in [0, 0.05) is 31.5 Å². The molecule has 2 aromatic rings. The standard InChI is InChI=1S/C19H22N4OSi/c1-6-23-17-15(12-14(13-21-17)9-11-25(3,4)5)19(24)22(2)16-8-7-10-20-18(16)23/h7-8,10,12-13H,6H2,1-5H3. The summed E-state index contributed by atoms with van der Waals surface area (Å²) in [6, 6.07) is 5.59. The van der Waals surface area contributed by atoms with Crippen molar-refractivity contribution >= 4 is 31.3 Å². The first-order valence-electron chi connectivity index (χ1n) is 8.35. The van der Waals surface area contributed by atoms with Crippen molar-refractivity contribution < 1.29 is 4.79 Å². The van der Waals surface area contributed by atoms with Crippen molar-refractivity contribution in [1.82, 2.24) is 9.97 Å². The lowest BCUT2D eigenvalue weighted by molar-refractivity contribution is 0.0994. The zero-order valence-electron chi connectivity index (χ0n) is 15.3. The predicted molar refractivity (Wildman–Crippen MR) is 104 cm³/mol. The molecule has 128 valence electrons. The van der Waals surface area contributed by atoms with Gasteiger partial charge in [-0.2, -0.15) is 0 Å². The molecule has 0 radical (unpaired) electrons. The molecule has 0 unspecified atom stereocenters. The highest BCUT2D eigenvalue weighted by Gasteiger charge is 2.30. The van der Waals surface area contributed by atoms with Crippen molar-refractivity contribution in [3.05, 3.63) is 41.7 Å². The lowest BCUT2D eigenvalue weighted by Gasteiger charge is -2.22. The van der Waals surface area contributed by atoms with E-state index in [0.29, 0.717) is 17.9 Å². The Morgan fingerprint density at radius 1 is 1.20 bits per heavy atom. The maximum Gasteiger partial charge on any atom is 0.261 e. The van der Waals surface area contributed by atoms with E-state index < -0.39 is 8.07 Å². The molecule has 2 aromatic heterocycles. The van der Waals surface area contributed by atoms with E-state index in [4.69, 9.17) is 0 Å². The van der Waals surface area contributed by atoms with Gasteiger partial charge in [-0.25, -0.2) is 9.97 Å². The smallest absolute Gasteiger partial charge is 0.261 e. The Morgan fingerprint density at radius 3 is 2.64 bits per heavy atom. The van der Waals surface area contributed by atoms with Crippen molar-refractivity contribution in [2.45, 2.75) is 26.6 Å². The Balaban J connectivity index is 2.17. The normalized spacial score (nSPS) is 13.6. The van der Waals surface area contributed by atoms with Gasteiger partial charge in [0.25, 0.3) is 5.91 Å². The molecule has 1 amide bonds. The molecule has 0 aliphatic carbocycles. The van der Waals surface area contributed by atoms with E-state index in [-0.39, 0.29) is 5.91 Å². The molecule has 6 heteroatoms. The van der Waals surface area contributed by atoms with E-state index in [0.717, 1.165) is 17.1 Å². The molecular weight excluding hydrogens is 328 g/mol. The number of fused-ring (bicyclic) bond motifs is 2. The SMILES string of the molecule is CCN1c2ncc(C#C[Si](C)(C)C)cc2C(=O)N(C)c2cccnc21. The highest BCUT2D eigenvalue weighted by Crippen LogP contribution is 2.37. The van der Waals surface area contributed by atoms with Crippen LogP contribution in [-0.2, 0) is 0 Å². The summed E-state index contributed by atoms with van der Waals surface area (Å²) >= 11 is 0. The Labute approximate surface area is 149 Å². The topological polar surface area (TPSA) is 49.3 Å².